The molecular weight excluding hydrogens is 385 g/mol. The van der Waals surface area contributed by atoms with Crippen molar-refractivity contribution in [1.29, 1.82) is 0 Å². The van der Waals surface area contributed by atoms with Crippen LogP contribution in [0.4, 0.5) is 10.1 Å². The third kappa shape index (κ3) is 5.14. The molecule has 0 aromatic heterocycles. The predicted octanol–water partition coefficient (Wildman–Crippen LogP) is 2.37. The molecule has 0 atom stereocenters. The van der Waals surface area contributed by atoms with Crippen LogP contribution in [-0.4, -0.2) is 33.8 Å². The van der Waals surface area contributed by atoms with Gasteiger partial charge in [0.05, 0.1) is 21.7 Å². The van der Waals surface area contributed by atoms with Crippen molar-refractivity contribution >= 4 is 27.5 Å². The van der Waals surface area contributed by atoms with Crippen LogP contribution in [0, 0.1) is 11.7 Å². The Morgan fingerprint density at radius 2 is 1.71 bits per heavy atom. The number of hydrogen-bond donors (Lipinski definition) is 3. The summed E-state index contributed by atoms with van der Waals surface area (Å²) in [7, 11) is -2.63. The van der Waals surface area contributed by atoms with E-state index in [-0.39, 0.29) is 28.0 Å². The summed E-state index contributed by atoms with van der Waals surface area (Å²) in [5, 5.41) is 5.23. The first-order valence-corrected chi connectivity index (χ1v) is 10.1. The first-order chi connectivity index (χ1) is 13.2. The number of halogens is 1. The van der Waals surface area contributed by atoms with Crippen LogP contribution in [0.3, 0.4) is 0 Å². The molecule has 2 aromatic carbocycles. The second-order valence-electron chi connectivity index (χ2n) is 6.45. The van der Waals surface area contributed by atoms with Crippen LogP contribution < -0.4 is 15.4 Å². The van der Waals surface area contributed by atoms with Gasteiger partial charge in [0, 0.05) is 6.54 Å². The largest absolute Gasteiger partial charge is 0.352 e. The molecule has 7 nitrogen and oxygen atoms in total. The number of nitrogens with one attached hydrogen (secondary N) is 3. The number of sulfonamides is 1. The average molecular weight is 407 g/mol. The Kier molecular flexibility index (Phi) is 6.87. The van der Waals surface area contributed by atoms with Crippen molar-refractivity contribution in [3.8, 4) is 0 Å². The van der Waals surface area contributed by atoms with Crippen molar-refractivity contribution in [3.63, 3.8) is 0 Å². The van der Waals surface area contributed by atoms with Crippen molar-refractivity contribution in [2.24, 2.45) is 5.92 Å². The monoisotopic (exact) mass is 407 g/mol. The molecule has 0 aliphatic carbocycles. The lowest BCUT2D eigenvalue weighted by Crippen LogP contribution is -2.28. The van der Waals surface area contributed by atoms with Gasteiger partial charge in [-0.15, -0.1) is 0 Å². The van der Waals surface area contributed by atoms with Crippen molar-refractivity contribution in [3.05, 3.63) is 59.4 Å². The highest BCUT2D eigenvalue weighted by molar-refractivity contribution is 7.89. The molecule has 0 spiro atoms. The standard InChI is InChI=1S/C19H22FN3O4S/c1-12(2)11-22-18(24)14-6-4-5-7-17(14)23-19(25)15-10-13(8-9-16(15)20)28(26,27)21-3/h4-10,12,21H,11H2,1-3H3,(H,22,24)(H,23,25). The highest BCUT2D eigenvalue weighted by atomic mass is 32.2. The number of amides is 2. The maximum atomic E-state index is 14.1. The third-order valence-corrected chi connectivity index (χ3v) is 5.26. The Balaban J connectivity index is 2.31. The molecular formula is C19H22FN3O4S. The predicted molar refractivity (Wildman–Crippen MR) is 104 cm³/mol. The zero-order chi connectivity index (χ0) is 20.9. The van der Waals surface area contributed by atoms with Gasteiger partial charge in [-0.05, 0) is 43.3 Å². The molecule has 2 amide bonds. The van der Waals surface area contributed by atoms with Gasteiger partial charge >= 0.3 is 0 Å². The Morgan fingerprint density at radius 3 is 2.36 bits per heavy atom. The number of anilines is 1. The molecule has 9 heteroatoms. The van der Waals surface area contributed by atoms with E-state index in [1.807, 2.05) is 13.8 Å². The minimum atomic E-state index is -3.84. The van der Waals surface area contributed by atoms with E-state index in [1.165, 1.54) is 19.2 Å². The van der Waals surface area contributed by atoms with Gasteiger partial charge in [-0.2, -0.15) is 0 Å². The summed E-state index contributed by atoms with van der Waals surface area (Å²) in [5.74, 6) is -1.88. The maximum absolute atomic E-state index is 14.1. The molecule has 0 unspecified atom stereocenters. The van der Waals surface area contributed by atoms with E-state index in [2.05, 4.69) is 15.4 Å². The van der Waals surface area contributed by atoms with E-state index in [9.17, 15) is 22.4 Å². The van der Waals surface area contributed by atoms with Crippen molar-refractivity contribution in [2.75, 3.05) is 18.9 Å². The Bertz CT molecular complexity index is 990. The summed E-state index contributed by atoms with van der Waals surface area (Å²) in [6.07, 6.45) is 0. The fourth-order valence-electron chi connectivity index (χ4n) is 2.34. The zero-order valence-corrected chi connectivity index (χ0v) is 16.6. The fraction of sp³-hybridized carbons (Fsp3) is 0.263. The third-order valence-electron chi connectivity index (χ3n) is 3.85. The minimum absolute atomic E-state index is 0.190. The van der Waals surface area contributed by atoms with Crippen LogP contribution in [0.25, 0.3) is 0 Å². The van der Waals surface area contributed by atoms with E-state index < -0.39 is 27.3 Å². The van der Waals surface area contributed by atoms with Gasteiger partial charge in [-0.1, -0.05) is 26.0 Å². The normalized spacial score (nSPS) is 11.3. The van der Waals surface area contributed by atoms with Gasteiger partial charge in [-0.3, -0.25) is 9.59 Å². The van der Waals surface area contributed by atoms with E-state index >= 15 is 0 Å². The molecule has 0 saturated heterocycles. The average Bonchev–Trinajstić information content (AvgIpc) is 2.66. The quantitative estimate of drug-likeness (QED) is 0.655. The second-order valence-corrected chi connectivity index (χ2v) is 8.34. The van der Waals surface area contributed by atoms with E-state index in [4.69, 9.17) is 0 Å². The summed E-state index contributed by atoms with van der Waals surface area (Å²) >= 11 is 0. The minimum Gasteiger partial charge on any atom is -0.352 e. The summed E-state index contributed by atoms with van der Waals surface area (Å²) in [5.41, 5.74) is -0.0420. The summed E-state index contributed by atoms with van der Waals surface area (Å²) in [4.78, 5) is 24.7. The fourth-order valence-corrected chi connectivity index (χ4v) is 3.09. The lowest BCUT2D eigenvalue weighted by molar-refractivity contribution is 0.0950. The molecule has 3 N–H and O–H groups in total. The number of para-hydroxylation sites is 1. The molecule has 0 aliphatic rings. The van der Waals surface area contributed by atoms with Gasteiger partial charge in [0.1, 0.15) is 5.82 Å². The first kappa shape index (κ1) is 21.5. The molecule has 2 rings (SSSR count). The zero-order valence-electron chi connectivity index (χ0n) is 15.7. The Hall–Kier alpha value is -2.78. The van der Waals surface area contributed by atoms with Crippen LogP contribution in [0.15, 0.2) is 47.4 Å². The van der Waals surface area contributed by atoms with Crippen LogP contribution in [0.1, 0.15) is 34.6 Å². The topological polar surface area (TPSA) is 104 Å². The Labute approximate surface area is 163 Å². The highest BCUT2D eigenvalue weighted by Crippen LogP contribution is 2.19. The summed E-state index contributed by atoms with van der Waals surface area (Å²) < 4.78 is 40.0. The van der Waals surface area contributed by atoms with Crippen LogP contribution >= 0.6 is 0 Å². The van der Waals surface area contributed by atoms with Crippen LogP contribution in [0.5, 0.6) is 0 Å². The number of hydrogen-bond acceptors (Lipinski definition) is 4. The van der Waals surface area contributed by atoms with E-state index in [0.717, 1.165) is 18.2 Å². The van der Waals surface area contributed by atoms with Gasteiger partial charge in [-0.25, -0.2) is 17.5 Å². The van der Waals surface area contributed by atoms with Crippen LogP contribution in [0.2, 0.25) is 0 Å². The van der Waals surface area contributed by atoms with Gasteiger partial charge in [0.25, 0.3) is 11.8 Å². The number of rotatable bonds is 7. The van der Waals surface area contributed by atoms with Crippen LogP contribution in [-0.2, 0) is 10.0 Å². The smallest absolute Gasteiger partial charge is 0.258 e. The van der Waals surface area contributed by atoms with Crippen molar-refractivity contribution < 1.29 is 22.4 Å². The molecule has 150 valence electrons. The summed E-state index contributed by atoms with van der Waals surface area (Å²) in [6, 6.07) is 9.20. The lowest BCUT2D eigenvalue weighted by atomic mass is 10.1. The SMILES string of the molecule is CNS(=O)(=O)c1ccc(F)c(C(=O)Nc2ccccc2C(=O)NCC(C)C)c1. The molecule has 0 aliphatic heterocycles. The number of benzene rings is 2. The van der Waals surface area contributed by atoms with Gasteiger partial charge in [0.2, 0.25) is 10.0 Å². The molecule has 0 fully saturated rings. The number of carbonyl (C=O) groups is 2. The van der Waals surface area contributed by atoms with Crippen molar-refractivity contribution in [2.45, 2.75) is 18.7 Å². The highest BCUT2D eigenvalue weighted by Gasteiger charge is 2.20. The van der Waals surface area contributed by atoms with Gasteiger partial charge in [0.15, 0.2) is 0 Å². The van der Waals surface area contributed by atoms with Gasteiger partial charge < -0.3 is 10.6 Å². The second kappa shape index (κ2) is 8.94. The molecule has 0 radical (unpaired) electrons. The first-order valence-electron chi connectivity index (χ1n) is 8.57. The molecule has 2 aromatic rings. The molecule has 0 saturated carbocycles. The molecule has 0 bridgehead atoms. The summed E-state index contributed by atoms with van der Waals surface area (Å²) in [6.45, 7) is 4.35. The lowest BCUT2D eigenvalue weighted by Gasteiger charge is -2.13. The Morgan fingerprint density at radius 1 is 1.04 bits per heavy atom. The maximum Gasteiger partial charge on any atom is 0.258 e. The van der Waals surface area contributed by atoms with E-state index in [1.54, 1.807) is 12.1 Å². The van der Waals surface area contributed by atoms with E-state index in [0.29, 0.717) is 6.54 Å². The van der Waals surface area contributed by atoms with Crippen molar-refractivity contribution in [1.82, 2.24) is 10.0 Å². The molecule has 28 heavy (non-hydrogen) atoms. The molecule has 0 heterocycles. The number of carbonyl (C=O) groups excluding carboxylic acids is 2.